The second kappa shape index (κ2) is 12.5. The highest BCUT2D eigenvalue weighted by atomic mass is 127. The number of rotatable bonds is 6. The van der Waals surface area contributed by atoms with Gasteiger partial charge in [-0.3, -0.25) is 4.99 Å². The van der Waals surface area contributed by atoms with Gasteiger partial charge < -0.3 is 30.3 Å². The first-order valence-electron chi connectivity index (χ1n) is 10.8. The van der Waals surface area contributed by atoms with Gasteiger partial charge in [0, 0.05) is 38.4 Å². The summed E-state index contributed by atoms with van der Waals surface area (Å²) in [7, 11) is 5.11. The average Bonchev–Trinajstić information content (AvgIpc) is 2.78. The summed E-state index contributed by atoms with van der Waals surface area (Å²) in [6.45, 7) is 6.12. The SMILES string of the molecule is CN=C(NCc1ccc(NC(=O)NC(C)C)cc1)N1CCc2cc(OC)c(OC)cc2C1.I. The Bertz CT molecular complexity index is 963. The van der Waals surface area contributed by atoms with Crippen LogP contribution >= 0.6 is 24.0 Å². The van der Waals surface area contributed by atoms with E-state index >= 15 is 0 Å². The molecule has 0 aromatic heterocycles. The molecule has 0 aliphatic carbocycles. The molecule has 0 saturated heterocycles. The zero-order valence-corrected chi connectivity index (χ0v) is 22.2. The minimum Gasteiger partial charge on any atom is -0.493 e. The topological polar surface area (TPSA) is 87.2 Å². The summed E-state index contributed by atoms with van der Waals surface area (Å²) >= 11 is 0. The lowest BCUT2D eigenvalue weighted by Gasteiger charge is -2.32. The maximum Gasteiger partial charge on any atom is 0.319 e. The molecule has 1 aliphatic rings. The second-order valence-electron chi connectivity index (χ2n) is 8.00. The second-order valence-corrected chi connectivity index (χ2v) is 8.00. The minimum absolute atomic E-state index is 0. The number of carbonyl (C=O) groups is 1. The van der Waals surface area contributed by atoms with Crippen molar-refractivity contribution >= 4 is 41.7 Å². The Kier molecular flexibility index (Phi) is 10.1. The number of nitrogens with zero attached hydrogens (tertiary/aromatic N) is 2. The zero-order valence-electron chi connectivity index (χ0n) is 19.9. The lowest BCUT2D eigenvalue weighted by atomic mass is 9.99. The summed E-state index contributed by atoms with van der Waals surface area (Å²) in [6.07, 6.45) is 0.912. The maximum atomic E-state index is 11.8. The number of hydrogen-bond acceptors (Lipinski definition) is 4. The molecule has 33 heavy (non-hydrogen) atoms. The van der Waals surface area contributed by atoms with Gasteiger partial charge >= 0.3 is 6.03 Å². The summed E-state index contributed by atoms with van der Waals surface area (Å²) in [5.74, 6) is 2.36. The van der Waals surface area contributed by atoms with Gasteiger partial charge in [0.2, 0.25) is 0 Å². The van der Waals surface area contributed by atoms with Crippen LogP contribution in [0.25, 0.3) is 0 Å². The number of amides is 2. The predicted molar refractivity (Wildman–Crippen MR) is 143 cm³/mol. The maximum absolute atomic E-state index is 11.8. The van der Waals surface area contributed by atoms with Crippen LogP contribution in [-0.4, -0.2) is 50.7 Å². The lowest BCUT2D eigenvalue weighted by Crippen LogP contribution is -2.43. The number of methoxy groups -OCH3 is 2. The van der Waals surface area contributed by atoms with Crippen LogP contribution in [0.5, 0.6) is 11.5 Å². The molecule has 0 spiro atoms. The van der Waals surface area contributed by atoms with E-state index in [9.17, 15) is 4.79 Å². The van der Waals surface area contributed by atoms with E-state index in [-0.39, 0.29) is 36.0 Å². The van der Waals surface area contributed by atoms with E-state index in [4.69, 9.17) is 9.47 Å². The standard InChI is InChI=1S/C24H33N5O3.HI/c1-16(2)27-24(30)28-20-8-6-17(7-9-20)14-26-23(25-3)29-11-10-18-12-21(31-4)22(32-5)13-19(18)15-29;/h6-9,12-13,16H,10-11,14-15H2,1-5H3,(H,25,26)(H2,27,28,30);1H. The molecule has 1 heterocycles. The number of carbonyl (C=O) groups excluding carboxylic acids is 1. The number of nitrogens with one attached hydrogen (secondary N) is 3. The zero-order chi connectivity index (χ0) is 23.1. The van der Waals surface area contributed by atoms with Gasteiger partial charge in [-0.05, 0) is 61.2 Å². The Balaban J connectivity index is 0.00000385. The third kappa shape index (κ3) is 7.15. The first-order valence-corrected chi connectivity index (χ1v) is 10.8. The predicted octanol–water partition coefficient (Wildman–Crippen LogP) is 3.99. The van der Waals surface area contributed by atoms with Gasteiger partial charge in [-0.1, -0.05) is 12.1 Å². The van der Waals surface area contributed by atoms with Crippen molar-refractivity contribution in [1.82, 2.24) is 15.5 Å². The third-order valence-corrected chi connectivity index (χ3v) is 5.31. The fourth-order valence-electron chi connectivity index (χ4n) is 3.71. The monoisotopic (exact) mass is 567 g/mol. The van der Waals surface area contributed by atoms with Gasteiger partial charge in [0.1, 0.15) is 0 Å². The van der Waals surface area contributed by atoms with Gasteiger partial charge in [-0.15, -0.1) is 24.0 Å². The largest absolute Gasteiger partial charge is 0.493 e. The number of urea groups is 1. The van der Waals surface area contributed by atoms with E-state index < -0.39 is 0 Å². The van der Waals surface area contributed by atoms with E-state index in [0.717, 1.165) is 48.2 Å². The lowest BCUT2D eigenvalue weighted by molar-refractivity contribution is 0.250. The average molecular weight is 567 g/mol. The molecule has 0 fully saturated rings. The van der Waals surface area contributed by atoms with E-state index in [1.807, 2.05) is 38.1 Å². The number of anilines is 1. The molecule has 8 nitrogen and oxygen atoms in total. The van der Waals surface area contributed by atoms with Gasteiger partial charge in [0.25, 0.3) is 0 Å². The van der Waals surface area contributed by atoms with E-state index in [0.29, 0.717) is 6.54 Å². The minimum atomic E-state index is -0.203. The van der Waals surface area contributed by atoms with E-state index in [2.05, 4.69) is 38.0 Å². The fourth-order valence-corrected chi connectivity index (χ4v) is 3.71. The van der Waals surface area contributed by atoms with Crippen LogP contribution in [0.4, 0.5) is 10.5 Å². The number of aliphatic imine (C=N–C) groups is 1. The van der Waals surface area contributed by atoms with Crippen molar-refractivity contribution < 1.29 is 14.3 Å². The number of benzene rings is 2. The molecule has 2 aromatic carbocycles. The molecule has 2 aromatic rings. The van der Waals surface area contributed by atoms with Crippen LogP contribution < -0.4 is 25.4 Å². The van der Waals surface area contributed by atoms with Crippen molar-refractivity contribution in [2.75, 3.05) is 33.1 Å². The van der Waals surface area contributed by atoms with Crippen LogP contribution in [0.2, 0.25) is 0 Å². The number of guanidine groups is 1. The Morgan fingerprint density at radius 1 is 1.09 bits per heavy atom. The van der Waals surface area contributed by atoms with Gasteiger partial charge in [0.05, 0.1) is 14.2 Å². The third-order valence-electron chi connectivity index (χ3n) is 5.31. The molecule has 0 saturated carbocycles. The first kappa shape index (κ1) is 26.6. The summed E-state index contributed by atoms with van der Waals surface area (Å²) < 4.78 is 10.9. The number of hydrogen-bond donors (Lipinski definition) is 3. The van der Waals surface area contributed by atoms with Gasteiger partial charge in [-0.2, -0.15) is 0 Å². The highest BCUT2D eigenvalue weighted by Gasteiger charge is 2.21. The van der Waals surface area contributed by atoms with Crippen LogP contribution in [0.15, 0.2) is 41.4 Å². The molecular weight excluding hydrogens is 533 g/mol. The van der Waals surface area contributed by atoms with Crippen molar-refractivity contribution in [2.45, 2.75) is 39.4 Å². The van der Waals surface area contributed by atoms with Crippen LogP contribution in [-0.2, 0) is 19.5 Å². The van der Waals surface area contributed by atoms with Crippen molar-refractivity contribution in [3.8, 4) is 11.5 Å². The normalized spacial score (nSPS) is 13.0. The van der Waals surface area contributed by atoms with Crippen molar-refractivity contribution in [3.63, 3.8) is 0 Å². The highest BCUT2D eigenvalue weighted by Crippen LogP contribution is 2.33. The van der Waals surface area contributed by atoms with Gasteiger partial charge in [0.15, 0.2) is 17.5 Å². The molecule has 0 atom stereocenters. The molecule has 2 amide bonds. The summed E-state index contributed by atoms with van der Waals surface area (Å²) in [5, 5.41) is 9.09. The molecule has 0 unspecified atom stereocenters. The molecule has 9 heteroatoms. The highest BCUT2D eigenvalue weighted by molar-refractivity contribution is 14.0. The van der Waals surface area contributed by atoms with Crippen LogP contribution in [0, 0.1) is 0 Å². The quantitative estimate of drug-likeness (QED) is 0.279. The Labute approximate surface area is 213 Å². The Morgan fingerprint density at radius 2 is 1.73 bits per heavy atom. The van der Waals surface area contributed by atoms with Crippen molar-refractivity contribution in [1.29, 1.82) is 0 Å². The Morgan fingerprint density at radius 3 is 2.30 bits per heavy atom. The summed E-state index contributed by atoms with van der Waals surface area (Å²) in [5.41, 5.74) is 4.35. The molecule has 0 radical (unpaired) electrons. The van der Waals surface area contributed by atoms with E-state index in [1.165, 1.54) is 11.1 Å². The van der Waals surface area contributed by atoms with Crippen molar-refractivity contribution in [3.05, 3.63) is 53.1 Å². The first-order chi connectivity index (χ1) is 15.4. The van der Waals surface area contributed by atoms with Crippen LogP contribution in [0.1, 0.15) is 30.5 Å². The van der Waals surface area contributed by atoms with Gasteiger partial charge in [-0.25, -0.2) is 4.79 Å². The fraction of sp³-hybridized carbons (Fsp3) is 0.417. The molecule has 3 rings (SSSR count). The smallest absolute Gasteiger partial charge is 0.319 e. The molecule has 1 aliphatic heterocycles. The number of fused-ring (bicyclic) bond motifs is 1. The number of ether oxygens (including phenoxy) is 2. The van der Waals surface area contributed by atoms with E-state index in [1.54, 1.807) is 21.3 Å². The molecule has 180 valence electrons. The summed E-state index contributed by atoms with van der Waals surface area (Å²) in [6, 6.07) is 11.8. The molecule has 3 N–H and O–H groups in total. The number of halogens is 1. The van der Waals surface area contributed by atoms with Crippen LogP contribution in [0.3, 0.4) is 0 Å². The Hall–Kier alpha value is -2.69. The summed E-state index contributed by atoms with van der Waals surface area (Å²) in [4.78, 5) is 18.5. The molecule has 0 bridgehead atoms. The molecular formula is C24H34IN5O3. The van der Waals surface area contributed by atoms with Crippen molar-refractivity contribution in [2.24, 2.45) is 4.99 Å².